The van der Waals surface area contributed by atoms with E-state index < -0.39 is 0 Å². The Balaban J connectivity index is 1.47. The Morgan fingerprint density at radius 2 is 1.88 bits per heavy atom. The monoisotopic (exact) mass is 335 g/mol. The van der Waals surface area contributed by atoms with Crippen molar-refractivity contribution in [2.24, 2.45) is 5.92 Å². The second-order valence-electron chi connectivity index (χ2n) is 6.72. The van der Waals surface area contributed by atoms with Crippen LogP contribution in [-0.2, 0) is 4.79 Å². The fraction of sp³-hybridized carbons (Fsp3) is 0.368. The lowest BCUT2D eigenvalue weighted by Gasteiger charge is -2.10. The molecule has 6 nitrogen and oxygen atoms in total. The summed E-state index contributed by atoms with van der Waals surface area (Å²) in [6, 6.07) is 11.6. The molecule has 0 atom stereocenters. The van der Waals surface area contributed by atoms with Gasteiger partial charge in [-0.15, -0.1) is 10.2 Å². The zero-order valence-electron chi connectivity index (χ0n) is 14.3. The van der Waals surface area contributed by atoms with Gasteiger partial charge in [-0.3, -0.25) is 4.79 Å². The molecular weight excluding hydrogens is 314 g/mol. The molecule has 0 unspecified atom stereocenters. The minimum absolute atomic E-state index is 0.110. The largest absolute Gasteiger partial charge is 0.326 e. The summed E-state index contributed by atoms with van der Waals surface area (Å²) in [5, 5.41) is 15.6. The van der Waals surface area contributed by atoms with Crippen molar-refractivity contribution < 1.29 is 4.79 Å². The van der Waals surface area contributed by atoms with Gasteiger partial charge in [-0.1, -0.05) is 25.0 Å². The van der Waals surface area contributed by atoms with Crippen LogP contribution >= 0.6 is 0 Å². The van der Waals surface area contributed by atoms with Crippen molar-refractivity contribution in [3.63, 3.8) is 0 Å². The summed E-state index contributed by atoms with van der Waals surface area (Å²) >= 11 is 0. The third-order valence-electron chi connectivity index (χ3n) is 4.83. The lowest BCUT2D eigenvalue weighted by Crippen LogP contribution is -2.15. The maximum atomic E-state index is 12.1. The zero-order valence-corrected chi connectivity index (χ0v) is 14.3. The van der Waals surface area contributed by atoms with E-state index in [9.17, 15) is 4.79 Å². The van der Waals surface area contributed by atoms with Gasteiger partial charge >= 0.3 is 0 Å². The Labute approximate surface area is 146 Å². The van der Waals surface area contributed by atoms with E-state index >= 15 is 0 Å². The number of aromatic nitrogens is 4. The molecule has 1 fully saturated rings. The highest BCUT2D eigenvalue weighted by Crippen LogP contribution is 2.28. The molecule has 0 aliphatic heterocycles. The van der Waals surface area contributed by atoms with Crippen molar-refractivity contribution in [3.8, 4) is 11.3 Å². The van der Waals surface area contributed by atoms with Crippen LogP contribution in [-0.4, -0.2) is 25.7 Å². The highest BCUT2D eigenvalue weighted by atomic mass is 16.1. The average molecular weight is 335 g/mol. The van der Waals surface area contributed by atoms with E-state index in [1.54, 1.807) is 4.52 Å². The molecule has 3 aromatic rings. The van der Waals surface area contributed by atoms with Crippen LogP contribution in [0.1, 0.15) is 37.9 Å². The van der Waals surface area contributed by atoms with Crippen LogP contribution < -0.4 is 5.32 Å². The number of nitrogens with zero attached hydrogens (tertiary/aromatic N) is 4. The van der Waals surface area contributed by atoms with E-state index in [1.807, 2.05) is 43.3 Å². The maximum Gasteiger partial charge on any atom is 0.224 e. The second-order valence-corrected chi connectivity index (χ2v) is 6.72. The lowest BCUT2D eigenvalue weighted by atomic mass is 10.0. The van der Waals surface area contributed by atoms with E-state index in [-0.39, 0.29) is 5.91 Å². The Morgan fingerprint density at radius 1 is 1.12 bits per heavy atom. The molecule has 2 aromatic heterocycles. The van der Waals surface area contributed by atoms with Gasteiger partial charge in [0.15, 0.2) is 11.5 Å². The number of nitrogens with one attached hydrogen (secondary N) is 1. The molecule has 1 N–H and O–H groups in total. The van der Waals surface area contributed by atoms with Crippen molar-refractivity contribution >= 4 is 17.2 Å². The van der Waals surface area contributed by atoms with Crippen molar-refractivity contribution in [2.75, 3.05) is 5.32 Å². The van der Waals surface area contributed by atoms with Crippen LogP contribution in [0.15, 0.2) is 36.4 Å². The topological polar surface area (TPSA) is 72.2 Å². The van der Waals surface area contributed by atoms with Gasteiger partial charge in [0.2, 0.25) is 5.91 Å². The number of amides is 1. The number of aryl methyl sites for hydroxylation is 1. The van der Waals surface area contributed by atoms with Crippen molar-refractivity contribution in [3.05, 3.63) is 42.2 Å². The van der Waals surface area contributed by atoms with Crippen LogP contribution in [0.2, 0.25) is 0 Å². The number of benzene rings is 1. The normalized spacial score (nSPS) is 14.9. The van der Waals surface area contributed by atoms with Crippen LogP contribution in [0.5, 0.6) is 0 Å². The van der Waals surface area contributed by atoms with Gasteiger partial charge in [0, 0.05) is 17.7 Å². The molecule has 0 spiro atoms. The van der Waals surface area contributed by atoms with Gasteiger partial charge in [-0.2, -0.15) is 9.61 Å². The van der Waals surface area contributed by atoms with Gasteiger partial charge < -0.3 is 5.32 Å². The zero-order chi connectivity index (χ0) is 17.2. The van der Waals surface area contributed by atoms with Gasteiger partial charge in [0.05, 0.1) is 5.69 Å². The number of carbonyl (C=O) groups is 1. The minimum atomic E-state index is 0.110. The summed E-state index contributed by atoms with van der Waals surface area (Å²) in [6.07, 6.45) is 5.52. The number of fused-ring (bicyclic) bond motifs is 1. The molecule has 1 saturated carbocycles. The summed E-state index contributed by atoms with van der Waals surface area (Å²) < 4.78 is 1.73. The van der Waals surface area contributed by atoms with Gasteiger partial charge in [0.25, 0.3) is 0 Å². The molecular formula is C19H21N5O. The molecule has 0 bridgehead atoms. The minimum Gasteiger partial charge on any atom is -0.326 e. The average Bonchev–Trinajstić information content (AvgIpc) is 3.25. The fourth-order valence-corrected chi connectivity index (χ4v) is 3.46. The molecule has 0 radical (unpaired) electrons. The molecule has 1 aliphatic rings. The van der Waals surface area contributed by atoms with E-state index in [0.717, 1.165) is 28.4 Å². The molecule has 128 valence electrons. The summed E-state index contributed by atoms with van der Waals surface area (Å²) in [4.78, 5) is 12.1. The first kappa shape index (κ1) is 15.7. The predicted octanol–water partition coefficient (Wildman–Crippen LogP) is 3.62. The van der Waals surface area contributed by atoms with Crippen LogP contribution in [0.4, 0.5) is 5.69 Å². The Kier molecular flexibility index (Phi) is 4.17. The SMILES string of the molecule is Cc1nnc2ccc(-c3ccc(NC(=O)CC4CCCC4)cc3)nn12. The van der Waals surface area contributed by atoms with Gasteiger partial charge in [-0.25, -0.2) is 0 Å². The summed E-state index contributed by atoms with van der Waals surface area (Å²) in [5.41, 5.74) is 3.40. The molecule has 6 heteroatoms. The number of carbonyl (C=O) groups excluding carboxylic acids is 1. The number of rotatable bonds is 4. The Hall–Kier alpha value is -2.76. The summed E-state index contributed by atoms with van der Waals surface area (Å²) in [7, 11) is 0. The van der Waals surface area contributed by atoms with Crippen LogP contribution in [0, 0.1) is 12.8 Å². The second kappa shape index (κ2) is 6.63. The fourth-order valence-electron chi connectivity index (χ4n) is 3.46. The third kappa shape index (κ3) is 3.38. The molecule has 2 heterocycles. The maximum absolute atomic E-state index is 12.1. The first-order valence-corrected chi connectivity index (χ1v) is 8.78. The van der Waals surface area contributed by atoms with Gasteiger partial charge in [0.1, 0.15) is 0 Å². The molecule has 1 aromatic carbocycles. The number of anilines is 1. The van der Waals surface area contributed by atoms with Crippen molar-refractivity contribution in [1.82, 2.24) is 19.8 Å². The highest BCUT2D eigenvalue weighted by molar-refractivity contribution is 5.91. The predicted molar refractivity (Wildman–Crippen MR) is 96.2 cm³/mol. The summed E-state index contributed by atoms with van der Waals surface area (Å²) in [5.74, 6) is 1.43. The van der Waals surface area contributed by atoms with Gasteiger partial charge in [-0.05, 0) is 49.9 Å². The Bertz CT molecular complexity index is 894. The summed E-state index contributed by atoms with van der Waals surface area (Å²) in [6.45, 7) is 1.87. The molecule has 0 saturated heterocycles. The molecule has 25 heavy (non-hydrogen) atoms. The quantitative estimate of drug-likeness (QED) is 0.790. The lowest BCUT2D eigenvalue weighted by molar-refractivity contribution is -0.117. The number of hydrogen-bond acceptors (Lipinski definition) is 4. The third-order valence-corrected chi connectivity index (χ3v) is 4.83. The van der Waals surface area contributed by atoms with E-state index in [1.165, 1.54) is 25.7 Å². The molecule has 1 aliphatic carbocycles. The molecule has 4 rings (SSSR count). The first-order chi connectivity index (χ1) is 12.2. The van der Waals surface area contributed by atoms with Crippen LogP contribution in [0.25, 0.3) is 16.9 Å². The molecule has 1 amide bonds. The van der Waals surface area contributed by atoms with E-state index in [2.05, 4.69) is 20.6 Å². The van der Waals surface area contributed by atoms with E-state index in [4.69, 9.17) is 0 Å². The standard InChI is InChI=1S/C19H21N5O/c1-13-21-22-18-11-10-17(23-24(13)18)15-6-8-16(9-7-15)20-19(25)12-14-4-2-3-5-14/h6-11,14H,2-5,12H2,1H3,(H,20,25). The smallest absolute Gasteiger partial charge is 0.224 e. The van der Waals surface area contributed by atoms with Crippen LogP contribution in [0.3, 0.4) is 0 Å². The highest BCUT2D eigenvalue weighted by Gasteiger charge is 2.18. The number of hydrogen-bond donors (Lipinski definition) is 1. The first-order valence-electron chi connectivity index (χ1n) is 8.78. The Morgan fingerprint density at radius 3 is 2.64 bits per heavy atom. The van der Waals surface area contributed by atoms with Crippen molar-refractivity contribution in [1.29, 1.82) is 0 Å². The van der Waals surface area contributed by atoms with Crippen molar-refractivity contribution in [2.45, 2.75) is 39.0 Å². The van der Waals surface area contributed by atoms with E-state index in [0.29, 0.717) is 12.3 Å².